The number of nitrogens with zero attached hydrogens (tertiary/aromatic N) is 2. The number of pyridine rings is 1. The van der Waals surface area contributed by atoms with E-state index in [1.54, 1.807) is 6.07 Å². The van der Waals surface area contributed by atoms with E-state index in [0.29, 0.717) is 11.4 Å². The molecule has 0 radical (unpaired) electrons. The third-order valence-electron chi connectivity index (χ3n) is 5.72. The summed E-state index contributed by atoms with van der Waals surface area (Å²) >= 11 is 0. The molecule has 2 aliphatic rings. The van der Waals surface area contributed by atoms with E-state index in [9.17, 15) is 9.59 Å². The summed E-state index contributed by atoms with van der Waals surface area (Å²) in [5.74, 6) is 0.663. The molecule has 2 heterocycles. The van der Waals surface area contributed by atoms with Gasteiger partial charge in [-0.05, 0) is 37.8 Å². The molecule has 27 heavy (non-hydrogen) atoms. The Balaban J connectivity index is 1.61. The highest BCUT2D eigenvalue weighted by atomic mass is 16.2. The number of rotatable bonds is 3. The topological polar surface area (TPSA) is 88.3 Å². The molecule has 1 aliphatic carbocycles. The van der Waals surface area contributed by atoms with Crippen LogP contribution in [0.5, 0.6) is 0 Å². The van der Waals surface area contributed by atoms with Gasteiger partial charge in [-0.15, -0.1) is 0 Å². The van der Waals surface area contributed by atoms with E-state index in [2.05, 4.69) is 10.3 Å². The van der Waals surface area contributed by atoms with Crippen LogP contribution in [0.2, 0.25) is 0 Å². The molecule has 148 valence electrons. The van der Waals surface area contributed by atoms with Crippen LogP contribution in [0.3, 0.4) is 0 Å². The number of hydrogen-bond donors (Lipinski definition) is 2. The van der Waals surface area contributed by atoms with Crippen LogP contribution in [0.15, 0.2) is 12.1 Å². The molecule has 2 fully saturated rings. The summed E-state index contributed by atoms with van der Waals surface area (Å²) in [4.78, 5) is 31.3. The Morgan fingerprint density at radius 2 is 1.74 bits per heavy atom. The number of anilines is 1. The molecule has 3 rings (SSSR count). The van der Waals surface area contributed by atoms with Crippen LogP contribution in [0.25, 0.3) is 0 Å². The fourth-order valence-corrected chi connectivity index (χ4v) is 4.10. The van der Waals surface area contributed by atoms with Crippen LogP contribution in [-0.2, 0) is 4.79 Å². The molecule has 0 bridgehead atoms. The second-order valence-corrected chi connectivity index (χ2v) is 8.94. The SMILES string of the molecule is CC(C)(C)C(=O)N1CCC(c2ccc(C(=O)NC3CCCC3)c(N)n2)CC1. The molecule has 0 aromatic carbocycles. The summed E-state index contributed by atoms with van der Waals surface area (Å²) in [6.45, 7) is 7.36. The van der Waals surface area contributed by atoms with Crippen molar-refractivity contribution in [1.29, 1.82) is 0 Å². The van der Waals surface area contributed by atoms with Gasteiger partial charge in [0.1, 0.15) is 5.82 Å². The van der Waals surface area contributed by atoms with Crippen LogP contribution in [0, 0.1) is 5.41 Å². The second-order valence-electron chi connectivity index (χ2n) is 8.94. The third kappa shape index (κ3) is 4.60. The van der Waals surface area contributed by atoms with Gasteiger partial charge in [-0.3, -0.25) is 9.59 Å². The molecule has 1 aliphatic heterocycles. The molecular formula is C21H32N4O2. The van der Waals surface area contributed by atoms with Crippen molar-refractivity contribution in [3.63, 3.8) is 0 Å². The maximum Gasteiger partial charge on any atom is 0.255 e. The minimum atomic E-state index is -0.343. The molecule has 3 N–H and O–H groups in total. The van der Waals surface area contributed by atoms with E-state index in [4.69, 9.17) is 5.73 Å². The zero-order valence-corrected chi connectivity index (χ0v) is 16.8. The Bertz CT molecular complexity index is 697. The fourth-order valence-electron chi connectivity index (χ4n) is 4.10. The van der Waals surface area contributed by atoms with Crippen molar-refractivity contribution in [3.8, 4) is 0 Å². The molecule has 0 spiro atoms. The van der Waals surface area contributed by atoms with E-state index < -0.39 is 0 Å². The Morgan fingerprint density at radius 1 is 1.11 bits per heavy atom. The quantitative estimate of drug-likeness (QED) is 0.853. The van der Waals surface area contributed by atoms with Crippen molar-refractivity contribution in [2.45, 2.75) is 71.3 Å². The van der Waals surface area contributed by atoms with Gasteiger partial charge in [0, 0.05) is 36.2 Å². The first-order chi connectivity index (χ1) is 12.8. The van der Waals surface area contributed by atoms with Gasteiger partial charge in [0.2, 0.25) is 5.91 Å². The maximum absolute atomic E-state index is 12.4. The number of carbonyl (C=O) groups excluding carboxylic acids is 2. The van der Waals surface area contributed by atoms with Gasteiger partial charge in [0.25, 0.3) is 5.91 Å². The Labute approximate surface area is 161 Å². The molecule has 2 amide bonds. The molecule has 6 heteroatoms. The van der Waals surface area contributed by atoms with Crippen LogP contribution in [-0.4, -0.2) is 40.8 Å². The largest absolute Gasteiger partial charge is 0.383 e. The van der Waals surface area contributed by atoms with Gasteiger partial charge in [-0.2, -0.15) is 0 Å². The lowest BCUT2D eigenvalue weighted by molar-refractivity contribution is -0.140. The monoisotopic (exact) mass is 372 g/mol. The molecule has 6 nitrogen and oxygen atoms in total. The average Bonchev–Trinajstić information content (AvgIpc) is 3.13. The van der Waals surface area contributed by atoms with E-state index in [1.165, 1.54) is 12.8 Å². The summed E-state index contributed by atoms with van der Waals surface area (Å²) < 4.78 is 0. The van der Waals surface area contributed by atoms with Gasteiger partial charge in [0.15, 0.2) is 0 Å². The van der Waals surface area contributed by atoms with Gasteiger partial charge in [-0.25, -0.2) is 4.98 Å². The number of piperidine rings is 1. The third-order valence-corrected chi connectivity index (χ3v) is 5.72. The van der Waals surface area contributed by atoms with Gasteiger partial charge in [-0.1, -0.05) is 33.6 Å². The van der Waals surface area contributed by atoms with Crippen LogP contribution in [0.4, 0.5) is 5.82 Å². The minimum absolute atomic E-state index is 0.121. The standard InChI is InChI=1S/C21H32N4O2/c1-21(2,3)20(27)25-12-10-14(11-13-25)17-9-8-16(18(22)24-17)19(26)23-15-6-4-5-7-15/h8-9,14-15H,4-7,10-13H2,1-3H3,(H2,22,24)(H,23,26). The number of hydrogen-bond acceptors (Lipinski definition) is 4. The first-order valence-electron chi connectivity index (χ1n) is 10.1. The van der Waals surface area contributed by atoms with Gasteiger partial charge in [0.05, 0.1) is 5.56 Å². The van der Waals surface area contributed by atoms with E-state index in [-0.39, 0.29) is 29.2 Å². The number of carbonyl (C=O) groups is 2. The van der Waals surface area contributed by atoms with Crippen molar-refractivity contribution in [2.24, 2.45) is 5.41 Å². The van der Waals surface area contributed by atoms with Crippen molar-refractivity contribution < 1.29 is 9.59 Å². The predicted octanol–water partition coefficient (Wildman–Crippen LogP) is 3.09. The molecule has 0 atom stereocenters. The zero-order chi connectivity index (χ0) is 19.6. The van der Waals surface area contributed by atoms with Crippen molar-refractivity contribution in [3.05, 3.63) is 23.4 Å². The van der Waals surface area contributed by atoms with E-state index in [0.717, 1.165) is 44.5 Å². The van der Waals surface area contributed by atoms with Crippen LogP contribution >= 0.6 is 0 Å². The average molecular weight is 373 g/mol. The molecule has 1 aromatic rings. The number of aromatic nitrogens is 1. The number of amides is 2. The van der Waals surface area contributed by atoms with E-state index in [1.807, 2.05) is 31.7 Å². The summed E-state index contributed by atoms with van der Waals surface area (Å²) in [5, 5.41) is 3.06. The highest BCUT2D eigenvalue weighted by molar-refractivity contribution is 5.98. The maximum atomic E-state index is 12.4. The highest BCUT2D eigenvalue weighted by Crippen LogP contribution is 2.30. The Hall–Kier alpha value is -2.11. The van der Waals surface area contributed by atoms with E-state index >= 15 is 0 Å². The summed E-state index contributed by atoms with van der Waals surface area (Å²) in [5.41, 5.74) is 7.14. The number of likely N-dealkylation sites (tertiary alicyclic amines) is 1. The molecule has 1 saturated heterocycles. The summed E-state index contributed by atoms with van der Waals surface area (Å²) in [6.07, 6.45) is 6.19. The first-order valence-corrected chi connectivity index (χ1v) is 10.1. The Kier molecular flexibility index (Phi) is 5.72. The Morgan fingerprint density at radius 3 is 2.30 bits per heavy atom. The molecular weight excluding hydrogens is 340 g/mol. The van der Waals surface area contributed by atoms with Crippen LogP contribution < -0.4 is 11.1 Å². The lowest BCUT2D eigenvalue weighted by Crippen LogP contribution is -2.43. The first kappa shape index (κ1) is 19.6. The smallest absolute Gasteiger partial charge is 0.255 e. The van der Waals surface area contributed by atoms with Gasteiger partial charge < -0.3 is 16.0 Å². The lowest BCUT2D eigenvalue weighted by atomic mass is 9.89. The highest BCUT2D eigenvalue weighted by Gasteiger charge is 2.31. The minimum Gasteiger partial charge on any atom is -0.383 e. The number of nitrogen functional groups attached to an aromatic ring is 1. The lowest BCUT2D eigenvalue weighted by Gasteiger charge is -2.35. The van der Waals surface area contributed by atoms with Crippen molar-refractivity contribution in [1.82, 2.24) is 15.2 Å². The predicted molar refractivity (Wildman–Crippen MR) is 106 cm³/mol. The fraction of sp³-hybridized carbons (Fsp3) is 0.667. The van der Waals surface area contributed by atoms with Crippen LogP contribution in [0.1, 0.15) is 81.3 Å². The number of nitrogens with two attached hydrogens (primary N) is 1. The molecule has 1 saturated carbocycles. The molecule has 0 unspecified atom stereocenters. The molecule has 1 aromatic heterocycles. The zero-order valence-electron chi connectivity index (χ0n) is 16.8. The number of nitrogens with one attached hydrogen (secondary N) is 1. The van der Waals surface area contributed by atoms with Crippen molar-refractivity contribution in [2.75, 3.05) is 18.8 Å². The van der Waals surface area contributed by atoms with Gasteiger partial charge >= 0.3 is 0 Å². The second kappa shape index (κ2) is 7.87. The van der Waals surface area contributed by atoms with Crippen molar-refractivity contribution >= 4 is 17.6 Å². The normalized spacial score (nSPS) is 19.3. The summed E-state index contributed by atoms with van der Waals surface area (Å²) in [7, 11) is 0. The summed E-state index contributed by atoms with van der Waals surface area (Å²) in [6, 6.07) is 3.99.